The molecule has 1 saturated carbocycles. The lowest BCUT2D eigenvalue weighted by Gasteiger charge is -2.35. The van der Waals surface area contributed by atoms with Crippen molar-refractivity contribution in [1.29, 1.82) is 0 Å². The van der Waals surface area contributed by atoms with Crippen LogP contribution in [-0.2, 0) is 0 Å². The summed E-state index contributed by atoms with van der Waals surface area (Å²) in [4.78, 5) is 15.8. The third kappa shape index (κ3) is 3.98. The van der Waals surface area contributed by atoms with Crippen LogP contribution in [0.4, 0.5) is 8.78 Å². The minimum Gasteiger partial charge on any atom is -0.348 e. The van der Waals surface area contributed by atoms with Crippen molar-refractivity contribution < 1.29 is 13.6 Å². The van der Waals surface area contributed by atoms with Gasteiger partial charge in [0, 0.05) is 24.6 Å². The fraction of sp³-hybridized carbons (Fsp3) is 0.571. The van der Waals surface area contributed by atoms with Crippen LogP contribution in [-0.4, -0.2) is 22.9 Å². The number of rotatable bonds is 2. The molecule has 1 amide bonds. The minimum atomic E-state index is -2.62. The fourth-order valence-corrected chi connectivity index (χ4v) is 1.78. The van der Waals surface area contributed by atoms with Gasteiger partial charge in [-0.2, -0.15) is 0 Å². The molecule has 2 rings (SSSR count). The Morgan fingerprint density at radius 2 is 1.89 bits per heavy atom. The number of aromatic nitrogens is 1. The second-order valence-corrected chi connectivity index (χ2v) is 4.53. The lowest BCUT2D eigenvalue weighted by Crippen LogP contribution is -2.50. The van der Waals surface area contributed by atoms with Gasteiger partial charge in [-0.05, 0) is 25.5 Å². The van der Waals surface area contributed by atoms with Crippen LogP contribution in [0.25, 0.3) is 0 Å². The number of carbonyl (C=O) groups excluding carboxylic acids is 1. The molecule has 1 aromatic heterocycles. The van der Waals surface area contributed by atoms with Gasteiger partial charge < -0.3 is 5.32 Å². The molecule has 0 aliphatic heterocycles. The largest absolute Gasteiger partial charge is 0.348 e. The number of halogens is 2. The van der Waals surface area contributed by atoms with Gasteiger partial charge >= 0.3 is 0 Å². The maximum absolute atomic E-state index is 12.6. The van der Waals surface area contributed by atoms with Gasteiger partial charge in [0.25, 0.3) is 11.8 Å². The highest BCUT2D eigenvalue weighted by molar-refractivity contribution is 5.92. The Balaban J connectivity index is 0.000000861. The molecule has 0 saturated heterocycles. The summed E-state index contributed by atoms with van der Waals surface area (Å²) < 4.78 is 25.2. The molecule has 1 aromatic rings. The summed E-state index contributed by atoms with van der Waals surface area (Å²) in [7, 11) is 0. The quantitative estimate of drug-likeness (QED) is 0.896. The van der Waals surface area contributed by atoms with Crippen molar-refractivity contribution in [2.45, 2.75) is 52.5 Å². The number of alkyl halides is 2. The molecule has 0 spiro atoms. The first-order valence-corrected chi connectivity index (χ1v) is 6.50. The highest BCUT2D eigenvalue weighted by Crippen LogP contribution is 2.37. The SMILES string of the molecule is CC.Cc1ccc(C(=O)NC2CC(F)(F)C2)nc1C. The van der Waals surface area contributed by atoms with Crippen LogP contribution in [0.15, 0.2) is 12.1 Å². The Hall–Kier alpha value is -1.52. The first-order valence-electron chi connectivity index (χ1n) is 6.50. The number of nitrogens with zero attached hydrogens (tertiary/aromatic N) is 1. The molecule has 1 aliphatic carbocycles. The zero-order valence-corrected chi connectivity index (χ0v) is 11.8. The molecule has 1 N–H and O–H groups in total. The number of carbonyl (C=O) groups is 1. The molecular formula is C14H20F2N2O. The summed E-state index contributed by atoms with van der Waals surface area (Å²) in [5.41, 5.74) is 2.05. The monoisotopic (exact) mass is 270 g/mol. The number of aryl methyl sites for hydroxylation is 2. The van der Waals surface area contributed by atoms with Crippen LogP contribution in [0.2, 0.25) is 0 Å². The molecule has 0 unspecified atom stereocenters. The summed E-state index contributed by atoms with van der Waals surface area (Å²) in [5.74, 6) is -3.00. The molecule has 0 radical (unpaired) electrons. The van der Waals surface area contributed by atoms with Gasteiger partial charge in [-0.1, -0.05) is 19.9 Å². The summed E-state index contributed by atoms with van der Waals surface area (Å²) in [6.07, 6.45) is -0.548. The van der Waals surface area contributed by atoms with E-state index in [9.17, 15) is 13.6 Å². The van der Waals surface area contributed by atoms with E-state index >= 15 is 0 Å². The fourth-order valence-electron chi connectivity index (χ4n) is 1.78. The normalized spacial score (nSPS) is 16.9. The zero-order chi connectivity index (χ0) is 14.6. The van der Waals surface area contributed by atoms with Gasteiger partial charge in [-0.3, -0.25) is 4.79 Å². The molecule has 19 heavy (non-hydrogen) atoms. The standard InChI is InChI=1S/C12H14F2N2O.C2H6/c1-7-3-4-10(15-8(7)2)11(17)16-9-5-12(13,14)6-9;1-2/h3-4,9H,5-6H2,1-2H3,(H,16,17);1-2H3. The number of amides is 1. The lowest BCUT2D eigenvalue weighted by atomic mass is 9.88. The van der Waals surface area contributed by atoms with E-state index in [0.29, 0.717) is 0 Å². The van der Waals surface area contributed by atoms with Crippen molar-refractivity contribution in [3.8, 4) is 0 Å². The zero-order valence-electron chi connectivity index (χ0n) is 11.8. The van der Waals surface area contributed by atoms with Crippen LogP contribution in [0, 0.1) is 13.8 Å². The highest BCUT2D eigenvalue weighted by atomic mass is 19.3. The number of nitrogens with one attached hydrogen (secondary N) is 1. The number of hydrogen-bond donors (Lipinski definition) is 1. The van der Waals surface area contributed by atoms with E-state index in [4.69, 9.17) is 0 Å². The van der Waals surface area contributed by atoms with Crippen molar-refractivity contribution in [2.24, 2.45) is 0 Å². The summed E-state index contributed by atoms with van der Waals surface area (Å²) in [6.45, 7) is 7.71. The topological polar surface area (TPSA) is 42.0 Å². The summed E-state index contributed by atoms with van der Waals surface area (Å²) in [5, 5.41) is 2.55. The molecule has 1 heterocycles. The van der Waals surface area contributed by atoms with Gasteiger partial charge in [0.05, 0.1) is 0 Å². The maximum atomic E-state index is 12.6. The highest BCUT2D eigenvalue weighted by Gasteiger charge is 2.46. The van der Waals surface area contributed by atoms with E-state index in [1.165, 1.54) is 0 Å². The van der Waals surface area contributed by atoms with Gasteiger partial charge in [-0.15, -0.1) is 0 Å². The minimum absolute atomic E-state index is 0.274. The van der Waals surface area contributed by atoms with E-state index < -0.39 is 12.0 Å². The van der Waals surface area contributed by atoms with Crippen LogP contribution in [0.3, 0.4) is 0 Å². The van der Waals surface area contributed by atoms with Gasteiger partial charge in [0.2, 0.25) is 0 Å². The Morgan fingerprint density at radius 1 is 1.32 bits per heavy atom. The second-order valence-electron chi connectivity index (χ2n) is 4.53. The second kappa shape index (κ2) is 6.08. The first kappa shape index (κ1) is 15.5. The van der Waals surface area contributed by atoms with Gasteiger partial charge in [0.15, 0.2) is 0 Å². The summed E-state index contributed by atoms with van der Waals surface area (Å²) in [6, 6.07) is 2.97. The average molecular weight is 270 g/mol. The van der Waals surface area contributed by atoms with Gasteiger partial charge in [0.1, 0.15) is 5.69 Å². The molecule has 0 bridgehead atoms. The Bertz CT molecular complexity index is 453. The maximum Gasteiger partial charge on any atom is 0.270 e. The lowest BCUT2D eigenvalue weighted by molar-refractivity contribution is -0.0901. The van der Waals surface area contributed by atoms with Crippen molar-refractivity contribution >= 4 is 5.91 Å². The predicted octanol–water partition coefficient (Wildman–Crippen LogP) is 3.25. The third-order valence-corrected chi connectivity index (χ3v) is 3.01. The molecular weight excluding hydrogens is 250 g/mol. The van der Waals surface area contributed by atoms with E-state index in [2.05, 4.69) is 10.3 Å². The number of hydrogen-bond acceptors (Lipinski definition) is 2. The Morgan fingerprint density at radius 3 is 2.37 bits per heavy atom. The number of pyridine rings is 1. The molecule has 3 nitrogen and oxygen atoms in total. The molecule has 0 aromatic carbocycles. The van der Waals surface area contributed by atoms with Crippen molar-refractivity contribution in [2.75, 3.05) is 0 Å². The van der Waals surface area contributed by atoms with E-state index in [0.717, 1.165) is 11.3 Å². The molecule has 1 fully saturated rings. The average Bonchev–Trinajstić information content (AvgIpc) is 2.33. The van der Waals surface area contributed by atoms with E-state index in [1.807, 2.05) is 27.7 Å². The molecule has 1 aliphatic rings. The van der Waals surface area contributed by atoms with E-state index in [1.54, 1.807) is 12.1 Å². The van der Waals surface area contributed by atoms with Crippen LogP contribution >= 0.6 is 0 Å². The predicted molar refractivity (Wildman–Crippen MR) is 70.5 cm³/mol. The third-order valence-electron chi connectivity index (χ3n) is 3.01. The molecule has 0 atom stereocenters. The molecule has 106 valence electrons. The first-order chi connectivity index (χ1) is 8.87. The van der Waals surface area contributed by atoms with Crippen molar-refractivity contribution in [3.05, 3.63) is 29.1 Å². The van der Waals surface area contributed by atoms with Crippen molar-refractivity contribution in [1.82, 2.24) is 10.3 Å². The van der Waals surface area contributed by atoms with Crippen LogP contribution in [0.1, 0.15) is 48.4 Å². The van der Waals surface area contributed by atoms with Gasteiger partial charge in [-0.25, -0.2) is 13.8 Å². The van der Waals surface area contributed by atoms with Crippen molar-refractivity contribution in [3.63, 3.8) is 0 Å². The van der Waals surface area contributed by atoms with Crippen LogP contribution < -0.4 is 5.32 Å². The van der Waals surface area contributed by atoms with Crippen LogP contribution in [0.5, 0.6) is 0 Å². The Labute approximate surface area is 112 Å². The summed E-state index contributed by atoms with van der Waals surface area (Å²) >= 11 is 0. The van der Waals surface area contributed by atoms with E-state index in [-0.39, 0.29) is 24.4 Å². The molecule has 5 heteroatoms. The Kier molecular flexibility index (Phi) is 4.97. The smallest absolute Gasteiger partial charge is 0.270 e.